The maximum atomic E-state index is 5.46. The van der Waals surface area contributed by atoms with Gasteiger partial charge in [0.15, 0.2) is 11.6 Å². The first-order chi connectivity index (χ1) is 7.24. The van der Waals surface area contributed by atoms with Gasteiger partial charge < -0.3 is 15.0 Å². The third-order valence-electron chi connectivity index (χ3n) is 1.92. The van der Waals surface area contributed by atoms with E-state index in [1.807, 2.05) is 33.2 Å². The highest BCUT2D eigenvalue weighted by Crippen LogP contribution is 2.20. The second-order valence-electron chi connectivity index (χ2n) is 3.51. The topological polar surface area (TPSA) is 37.4 Å². The number of hydrogen-bond acceptors (Lipinski definition) is 4. The van der Waals surface area contributed by atoms with Crippen LogP contribution in [0.2, 0.25) is 0 Å². The highest BCUT2D eigenvalue weighted by atomic mass is 16.5. The van der Waals surface area contributed by atoms with Crippen LogP contribution in [0.25, 0.3) is 0 Å². The molecule has 0 spiro atoms. The largest absolute Gasteiger partial charge is 0.490 e. The van der Waals surface area contributed by atoms with Crippen molar-refractivity contribution in [3.63, 3.8) is 0 Å². The number of anilines is 1. The summed E-state index contributed by atoms with van der Waals surface area (Å²) in [6.45, 7) is 4.47. The van der Waals surface area contributed by atoms with Crippen LogP contribution >= 0.6 is 0 Å². The van der Waals surface area contributed by atoms with Crippen LogP contribution < -0.4 is 10.1 Å². The molecule has 0 aromatic carbocycles. The van der Waals surface area contributed by atoms with Gasteiger partial charge in [-0.2, -0.15) is 0 Å². The summed E-state index contributed by atoms with van der Waals surface area (Å²) >= 11 is 0. The molecule has 4 heteroatoms. The van der Waals surface area contributed by atoms with Gasteiger partial charge in [0.1, 0.15) is 0 Å². The molecule has 0 saturated heterocycles. The standard InChI is InChI=1S/C11H19N3O/c1-4-15-10-6-5-7-12-11(10)13-8-9-14(2)3/h5-7H,4,8-9H2,1-3H3,(H,12,13). The summed E-state index contributed by atoms with van der Waals surface area (Å²) < 4.78 is 5.46. The van der Waals surface area contributed by atoms with Crippen LogP contribution in [0.4, 0.5) is 5.82 Å². The number of pyridine rings is 1. The quantitative estimate of drug-likeness (QED) is 0.769. The van der Waals surface area contributed by atoms with Gasteiger partial charge in [-0.25, -0.2) is 4.98 Å². The van der Waals surface area contributed by atoms with Crippen LogP contribution in [0.1, 0.15) is 6.92 Å². The zero-order chi connectivity index (χ0) is 11.1. The SMILES string of the molecule is CCOc1cccnc1NCCN(C)C. The summed E-state index contributed by atoms with van der Waals surface area (Å²) in [5, 5.41) is 3.25. The number of nitrogens with one attached hydrogen (secondary N) is 1. The minimum Gasteiger partial charge on any atom is -0.490 e. The van der Waals surface area contributed by atoms with E-state index in [1.165, 1.54) is 0 Å². The predicted molar refractivity (Wildman–Crippen MR) is 62.4 cm³/mol. The van der Waals surface area contributed by atoms with E-state index in [0.29, 0.717) is 6.61 Å². The molecule has 0 aliphatic heterocycles. The van der Waals surface area contributed by atoms with Crippen molar-refractivity contribution in [3.05, 3.63) is 18.3 Å². The molecule has 0 aliphatic rings. The van der Waals surface area contributed by atoms with E-state index < -0.39 is 0 Å². The normalized spacial score (nSPS) is 10.4. The molecule has 4 nitrogen and oxygen atoms in total. The molecular formula is C11H19N3O. The third-order valence-corrected chi connectivity index (χ3v) is 1.92. The molecule has 0 aliphatic carbocycles. The van der Waals surface area contributed by atoms with Gasteiger partial charge in [0.05, 0.1) is 6.61 Å². The summed E-state index contributed by atoms with van der Waals surface area (Å²) in [7, 11) is 4.09. The van der Waals surface area contributed by atoms with Crippen molar-refractivity contribution in [1.82, 2.24) is 9.88 Å². The van der Waals surface area contributed by atoms with Gasteiger partial charge in [0, 0.05) is 19.3 Å². The second-order valence-corrected chi connectivity index (χ2v) is 3.51. The summed E-state index contributed by atoms with van der Waals surface area (Å²) in [5.41, 5.74) is 0. The van der Waals surface area contributed by atoms with Crippen molar-refractivity contribution in [3.8, 4) is 5.75 Å². The van der Waals surface area contributed by atoms with Crippen molar-refractivity contribution < 1.29 is 4.74 Å². The smallest absolute Gasteiger partial charge is 0.168 e. The van der Waals surface area contributed by atoms with Gasteiger partial charge in [-0.15, -0.1) is 0 Å². The van der Waals surface area contributed by atoms with Crippen LogP contribution in [0.3, 0.4) is 0 Å². The van der Waals surface area contributed by atoms with Crippen molar-refractivity contribution in [2.45, 2.75) is 6.92 Å². The van der Waals surface area contributed by atoms with Crippen LogP contribution in [0.15, 0.2) is 18.3 Å². The fraction of sp³-hybridized carbons (Fsp3) is 0.545. The monoisotopic (exact) mass is 209 g/mol. The lowest BCUT2D eigenvalue weighted by atomic mass is 10.4. The molecule has 0 atom stereocenters. The summed E-state index contributed by atoms with van der Waals surface area (Å²) in [6, 6.07) is 3.80. The van der Waals surface area contributed by atoms with E-state index in [1.54, 1.807) is 6.20 Å². The van der Waals surface area contributed by atoms with E-state index in [4.69, 9.17) is 4.74 Å². The number of rotatable bonds is 6. The van der Waals surface area contributed by atoms with E-state index in [9.17, 15) is 0 Å². The Morgan fingerprint density at radius 1 is 1.47 bits per heavy atom. The highest BCUT2D eigenvalue weighted by molar-refractivity contribution is 5.49. The third kappa shape index (κ3) is 4.16. The molecule has 0 unspecified atom stereocenters. The Labute approximate surface area is 91.3 Å². The van der Waals surface area contributed by atoms with Crippen LogP contribution in [0.5, 0.6) is 5.75 Å². The molecule has 1 aromatic heterocycles. The summed E-state index contributed by atoms with van der Waals surface area (Å²) in [5.74, 6) is 1.64. The van der Waals surface area contributed by atoms with Crippen molar-refractivity contribution >= 4 is 5.82 Å². The molecule has 0 bridgehead atoms. The van der Waals surface area contributed by atoms with Gasteiger partial charge in [-0.3, -0.25) is 0 Å². The van der Waals surface area contributed by atoms with E-state index in [2.05, 4.69) is 15.2 Å². The van der Waals surface area contributed by atoms with Gasteiger partial charge >= 0.3 is 0 Å². The maximum absolute atomic E-state index is 5.46. The second kappa shape index (κ2) is 6.24. The van der Waals surface area contributed by atoms with Gasteiger partial charge in [-0.05, 0) is 33.2 Å². The number of aromatic nitrogens is 1. The van der Waals surface area contributed by atoms with Crippen LogP contribution in [0, 0.1) is 0 Å². The molecule has 84 valence electrons. The zero-order valence-electron chi connectivity index (χ0n) is 9.66. The Morgan fingerprint density at radius 3 is 2.93 bits per heavy atom. The van der Waals surface area contributed by atoms with E-state index >= 15 is 0 Å². The molecule has 1 heterocycles. The highest BCUT2D eigenvalue weighted by Gasteiger charge is 2.02. The molecule has 0 amide bonds. The lowest BCUT2D eigenvalue weighted by Crippen LogP contribution is -2.21. The van der Waals surface area contributed by atoms with Crippen molar-refractivity contribution in [1.29, 1.82) is 0 Å². The molecule has 15 heavy (non-hydrogen) atoms. The Balaban J connectivity index is 2.51. The average molecular weight is 209 g/mol. The average Bonchev–Trinajstić information content (AvgIpc) is 2.20. The molecular weight excluding hydrogens is 190 g/mol. The Morgan fingerprint density at radius 2 is 2.27 bits per heavy atom. The Hall–Kier alpha value is -1.29. The number of hydrogen-bond donors (Lipinski definition) is 1. The zero-order valence-corrected chi connectivity index (χ0v) is 9.66. The fourth-order valence-electron chi connectivity index (χ4n) is 1.19. The van der Waals surface area contributed by atoms with Crippen LogP contribution in [-0.4, -0.2) is 43.7 Å². The molecule has 1 rings (SSSR count). The first-order valence-electron chi connectivity index (χ1n) is 5.20. The van der Waals surface area contributed by atoms with Gasteiger partial charge in [0.25, 0.3) is 0 Å². The molecule has 0 radical (unpaired) electrons. The maximum Gasteiger partial charge on any atom is 0.168 e. The molecule has 1 aromatic rings. The molecule has 0 saturated carbocycles. The summed E-state index contributed by atoms with van der Waals surface area (Å²) in [6.07, 6.45) is 1.76. The van der Waals surface area contributed by atoms with E-state index in [0.717, 1.165) is 24.7 Å². The fourth-order valence-corrected chi connectivity index (χ4v) is 1.19. The Kier molecular flexibility index (Phi) is 4.90. The first-order valence-corrected chi connectivity index (χ1v) is 5.20. The van der Waals surface area contributed by atoms with E-state index in [-0.39, 0.29) is 0 Å². The lowest BCUT2D eigenvalue weighted by molar-refractivity contribution is 0.340. The lowest BCUT2D eigenvalue weighted by Gasteiger charge is -2.13. The number of nitrogens with zero attached hydrogens (tertiary/aromatic N) is 2. The molecule has 1 N–H and O–H groups in total. The minimum absolute atomic E-state index is 0.661. The predicted octanol–water partition coefficient (Wildman–Crippen LogP) is 1.45. The summed E-state index contributed by atoms with van der Waals surface area (Å²) in [4.78, 5) is 6.36. The van der Waals surface area contributed by atoms with Gasteiger partial charge in [-0.1, -0.05) is 0 Å². The van der Waals surface area contributed by atoms with Crippen molar-refractivity contribution in [2.24, 2.45) is 0 Å². The number of ether oxygens (including phenoxy) is 1. The van der Waals surface area contributed by atoms with Crippen LogP contribution in [-0.2, 0) is 0 Å². The first kappa shape index (κ1) is 11.8. The minimum atomic E-state index is 0.661. The van der Waals surface area contributed by atoms with Gasteiger partial charge in [0.2, 0.25) is 0 Å². The molecule has 0 fully saturated rings. The Bertz CT molecular complexity index is 289. The van der Waals surface area contributed by atoms with Crippen molar-refractivity contribution in [2.75, 3.05) is 39.1 Å². The number of likely N-dealkylation sites (N-methyl/N-ethyl adjacent to an activating group) is 1.